The molecule has 0 unspecified atom stereocenters. The van der Waals surface area contributed by atoms with Gasteiger partial charge in [-0.1, -0.05) is 76.9 Å². The molecule has 0 heterocycles. The number of allylic oxidation sites excluding steroid dienone is 4. The zero-order chi connectivity index (χ0) is 22.6. The first-order valence-electron chi connectivity index (χ1n) is 11.5. The van der Waals surface area contributed by atoms with E-state index in [-0.39, 0.29) is 10.8 Å². The summed E-state index contributed by atoms with van der Waals surface area (Å²) in [5, 5.41) is 5.49. The molecule has 0 nitrogen and oxygen atoms in total. The summed E-state index contributed by atoms with van der Waals surface area (Å²) in [6.07, 6.45) is 14.4. The van der Waals surface area contributed by atoms with Crippen LogP contribution in [0.25, 0.3) is 21.5 Å². The van der Waals surface area contributed by atoms with Gasteiger partial charge in [-0.05, 0) is 10.8 Å². The first-order chi connectivity index (χ1) is 14.6. The van der Waals surface area contributed by atoms with Crippen molar-refractivity contribution in [2.75, 3.05) is 0 Å². The minimum absolute atomic E-state index is 0.194. The molecule has 0 amide bonds. The number of benzene rings is 2. The second kappa shape index (κ2) is 10.00. The van der Waals surface area contributed by atoms with Crippen molar-refractivity contribution in [2.45, 2.75) is 78.1 Å². The molecule has 5 rings (SSSR count). The van der Waals surface area contributed by atoms with Gasteiger partial charge in [0.25, 0.3) is 0 Å². The molecule has 0 bridgehead atoms. The van der Waals surface area contributed by atoms with Gasteiger partial charge in [0.15, 0.2) is 0 Å². The van der Waals surface area contributed by atoms with Crippen molar-refractivity contribution < 1.29 is 24.2 Å². The maximum atomic E-state index is 2.99. The van der Waals surface area contributed by atoms with E-state index >= 15 is 0 Å². The van der Waals surface area contributed by atoms with Crippen LogP contribution in [0, 0.1) is 6.08 Å². The molecule has 1 fully saturated rings. The molecule has 1 heteroatoms. The second-order valence-electron chi connectivity index (χ2n) is 10.7. The van der Waals surface area contributed by atoms with E-state index in [2.05, 4.69) is 96.2 Å². The van der Waals surface area contributed by atoms with E-state index in [0.717, 1.165) is 6.42 Å². The molecule has 3 aromatic carbocycles. The van der Waals surface area contributed by atoms with Crippen LogP contribution in [-0.2, 0) is 35.1 Å². The summed E-state index contributed by atoms with van der Waals surface area (Å²) in [6, 6.07) is 16.1. The molecule has 3 aromatic rings. The topological polar surface area (TPSA) is 0 Å². The Labute approximate surface area is 204 Å². The molecule has 31 heavy (non-hydrogen) atoms. The fraction of sp³-hybridized carbons (Fsp3) is 0.400. The monoisotopic (exact) mass is 486 g/mol. The van der Waals surface area contributed by atoms with E-state index in [4.69, 9.17) is 0 Å². The molecular formula is C30H36Zr. The van der Waals surface area contributed by atoms with Crippen LogP contribution in [0.3, 0.4) is 0 Å². The summed E-state index contributed by atoms with van der Waals surface area (Å²) in [5.41, 5.74) is 3.20. The summed E-state index contributed by atoms with van der Waals surface area (Å²) in [5.74, 6) is 0. The van der Waals surface area contributed by atoms with E-state index < -0.39 is 0 Å². The Kier molecular flexibility index (Phi) is 7.80. The van der Waals surface area contributed by atoms with Gasteiger partial charge in [-0.15, -0.1) is 46.2 Å². The SMILES string of the molecule is CC(C)(C)c1ccc2[cH-]c3ccc(C(C)(C)C)cc3c2c1.[C-]1=CC=CC1.[Zr+2]=[C]1CCC1. The van der Waals surface area contributed by atoms with Gasteiger partial charge in [-0.3, -0.25) is 6.08 Å². The predicted octanol–water partition coefficient (Wildman–Crippen LogP) is 8.50. The Balaban J connectivity index is 0.000000221. The second-order valence-corrected chi connectivity index (χ2v) is 12.4. The van der Waals surface area contributed by atoms with Gasteiger partial charge in [0.2, 0.25) is 0 Å². The predicted molar refractivity (Wildman–Crippen MR) is 135 cm³/mol. The molecule has 1 saturated carbocycles. The van der Waals surface area contributed by atoms with Crippen molar-refractivity contribution in [1.82, 2.24) is 0 Å². The van der Waals surface area contributed by atoms with Crippen molar-refractivity contribution >= 4 is 24.8 Å². The number of hydrogen-bond donors (Lipinski definition) is 0. The third-order valence-electron chi connectivity index (χ3n) is 5.98. The Bertz CT molecular complexity index is 1020. The summed E-state index contributed by atoms with van der Waals surface area (Å²) in [6.45, 7) is 13.7. The van der Waals surface area contributed by atoms with Gasteiger partial charge in [-0.2, -0.15) is 6.08 Å². The van der Waals surface area contributed by atoms with Gasteiger partial charge in [-0.25, -0.2) is 12.2 Å². The molecule has 0 radical (unpaired) electrons. The molecule has 160 valence electrons. The Morgan fingerprint density at radius 3 is 1.55 bits per heavy atom. The summed E-state index contributed by atoms with van der Waals surface area (Å²) < 4.78 is 1.78. The van der Waals surface area contributed by atoms with Gasteiger partial charge >= 0.3 is 46.7 Å². The van der Waals surface area contributed by atoms with Crippen LogP contribution in [-0.4, -0.2) is 3.21 Å². The van der Waals surface area contributed by atoms with Crippen LogP contribution in [0.1, 0.15) is 78.4 Å². The van der Waals surface area contributed by atoms with Crippen LogP contribution >= 0.6 is 0 Å². The van der Waals surface area contributed by atoms with Gasteiger partial charge in [0.1, 0.15) is 0 Å². The first-order valence-corrected chi connectivity index (χ1v) is 12.7. The molecule has 2 aliphatic carbocycles. The Morgan fingerprint density at radius 1 is 0.806 bits per heavy atom. The minimum atomic E-state index is 0.194. The van der Waals surface area contributed by atoms with E-state index in [1.807, 2.05) is 12.2 Å². The quantitative estimate of drug-likeness (QED) is 0.279. The van der Waals surface area contributed by atoms with Crippen LogP contribution < -0.4 is 0 Å². The molecule has 0 aromatic heterocycles. The molecule has 0 N–H and O–H groups in total. The first kappa shape index (κ1) is 24.2. The van der Waals surface area contributed by atoms with E-state index in [1.165, 1.54) is 51.9 Å². The van der Waals surface area contributed by atoms with Crippen molar-refractivity contribution in [3.05, 3.63) is 77.9 Å². The van der Waals surface area contributed by atoms with Crippen molar-refractivity contribution in [1.29, 1.82) is 0 Å². The van der Waals surface area contributed by atoms with Gasteiger partial charge in [0.05, 0.1) is 0 Å². The van der Waals surface area contributed by atoms with E-state index in [9.17, 15) is 0 Å². The third kappa shape index (κ3) is 6.52. The summed E-state index contributed by atoms with van der Waals surface area (Å²) in [7, 11) is 0. The molecule has 0 atom stereocenters. The molecule has 0 aliphatic heterocycles. The number of rotatable bonds is 0. The van der Waals surface area contributed by atoms with Crippen LogP contribution in [0.4, 0.5) is 0 Å². The molecular weight excluding hydrogens is 452 g/mol. The molecule has 0 spiro atoms. The average Bonchev–Trinajstić information content (AvgIpc) is 3.36. The van der Waals surface area contributed by atoms with Gasteiger partial charge < -0.3 is 0 Å². The third-order valence-corrected chi connectivity index (χ3v) is 7.21. The summed E-state index contributed by atoms with van der Waals surface area (Å²) >= 11 is 1.67. The van der Waals surface area contributed by atoms with Gasteiger partial charge in [0, 0.05) is 0 Å². The molecule has 0 saturated heterocycles. The van der Waals surface area contributed by atoms with E-state index in [0.29, 0.717) is 0 Å². The maximum absolute atomic E-state index is 2.99. The van der Waals surface area contributed by atoms with Crippen LogP contribution in [0.15, 0.2) is 60.7 Å². The summed E-state index contributed by atoms with van der Waals surface area (Å²) in [4.78, 5) is 0. The van der Waals surface area contributed by atoms with Crippen molar-refractivity contribution in [3.8, 4) is 0 Å². The number of fused-ring (bicyclic) bond motifs is 3. The number of hydrogen-bond acceptors (Lipinski definition) is 0. The van der Waals surface area contributed by atoms with Crippen molar-refractivity contribution in [3.63, 3.8) is 0 Å². The zero-order valence-corrected chi connectivity index (χ0v) is 22.6. The fourth-order valence-electron chi connectivity index (χ4n) is 3.63. The van der Waals surface area contributed by atoms with Crippen molar-refractivity contribution in [2.24, 2.45) is 0 Å². The zero-order valence-electron chi connectivity index (χ0n) is 20.1. The fourth-order valence-corrected chi connectivity index (χ4v) is 4.49. The van der Waals surface area contributed by atoms with Crippen LogP contribution in [0.2, 0.25) is 0 Å². The van der Waals surface area contributed by atoms with Crippen LogP contribution in [0.5, 0.6) is 0 Å². The molecule has 2 aliphatic rings. The Hall–Kier alpha value is -1.46. The average molecular weight is 488 g/mol. The Morgan fingerprint density at radius 2 is 1.29 bits per heavy atom. The normalized spacial score (nSPS) is 15.4. The standard InChI is InChI=1S/C21H25.C5H5.C4H6.Zr/c1-20(2,3)16-9-7-14-11-15-8-10-17(21(4,5)6)13-19(15)18(14)12-16;1-2-4-5-3-1;1-2-4-3-1;/h7-13H,1-6H3;1-3H,4H2;1-3H2;/q2*-1;;+2. The van der Waals surface area contributed by atoms with E-state index in [1.54, 1.807) is 27.4 Å².